The number of thiophene rings is 1. The molecular weight excluding hydrogens is 414 g/mol. The summed E-state index contributed by atoms with van der Waals surface area (Å²) in [5, 5.41) is 3.27. The van der Waals surface area contributed by atoms with Crippen LogP contribution in [0.1, 0.15) is 10.4 Å². The standard InChI is InChI=1S/C20H14ClN3O2S2/c21-14-8-6-13(7-9-14)16(25)11-28-20-23-18-17(19(26)24(20)22)15(10-27-18)12-4-2-1-3-5-12/h1-10H,11,22H2. The second-order valence-electron chi connectivity index (χ2n) is 5.98. The molecule has 5 nitrogen and oxygen atoms in total. The van der Waals surface area contributed by atoms with Gasteiger partial charge in [-0.25, -0.2) is 9.66 Å². The maximum Gasteiger partial charge on any atom is 0.282 e. The van der Waals surface area contributed by atoms with Gasteiger partial charge in [-0.05, 0) is 29.8 Å². The van der Waals surface area contributed by atoms with Crippen molar-refractivity contribution >= 4 is 50.7 Å². The van der Waals surface area contributed by atoms with E-state index in [2.05, 4.69) is 4.98 Å². The summed E-state index contributed by atoms with van der Waals surface area (Å²) in [4.78, 5) is 30.3. The van der Waals surface area contributed by atoms with Crippen LogP contribution in [0.25, 0.3) is 21.3 Å². The summed E-state index contributed by atoms with van der Waals surface area (Å²) in [6.07, 6.45) is 0. The Hall–Kier alpha value is -2.61. The van der Waals surface area contributed by atoms with Gasteiger partial charge < -0.3 is 5.84 Å². The van der Waals surface area contributed by atoms with Gasteiger partial charge >= 0.3 is 0 Å². The highest BCUT2D eigenvalue weighted by molar-refractivity contribution is 7.99. The monoisotopic (exact) mass is 427 g/mol. The van der Waals surface area contributed by atoms with Crippen molar-refractivity contribution in [3.05, 3.63) is 80.9 Å². The molecule has 0 bridgehead atoms. The van der Waals surface area contributed by atoms with Crippen molar-refractivity contribution in [1.82, 2.24) is 9.66 Å². The van der Waals surface area contributed by atoms with E-state index in [9.17, 15) is 9.59 Å². The molecule has 8 heteroatoms. The highest BCUT2D eigenvalue weighted by atomic mass is 35.5. The van der Waals surface area contributed by atoms with Gasteiger partial charge in [0.05, 0.1) is 11.1 Å². The van der Waals surface area contributed by atoms with Gasteiger partial charge in [-0.3, -0.25) is 9.59 Å². The van der Waals surface area contributed by atoms with E-state index < -0.39 is 0 Å². The number of hydrogen-bond donors (Lipinski definition) is 1. The molecule has 4 aromatic rings. The minimum absolute atomic E-state index is 0.0906. The first-order valence-electron chi connectivity index (χ1n) is 8.31. The number of nitrogens with two attached hydrogens (primary N) is 1. The lowest BCUT2D eigenvalue weighted by atomic mass is 10.1. The maximum atomic E-state index is 12.8. The molecule has 0 aliphatic rings. The molecule has 0 saturated heterocycles. The Bertz CT molecular complexity index is 1220. The summed E-state index contributed by atoms with van der Waals surface area (Å²) < 4.78 is 1.02. The van der Waals surface area contributed by atoms with Gasteiger partial charge in [0.1, 0.15) is 4.83 Å². The van der Waals surface area contributed by atoms with E-state index in [-0.39, 0.29) is 17.1 Å². The first-order valence-corrected chi connectivity index (χ1v) is 10.5. The predicted octanol–water partition coefficient (Wildman–Crippen LogP) is 4.47. The van der Waals surface area contributed by atoms with E-state index in [4.69, 9.17) is 17.4 Å². The number of nitrogen functional groups attached to an aromatic ring is 1. The summed E-state index contributed by atoms with van der Waals surface area (Å²) in [5.41, 5.74) is 1.97. The quantitative estimate of drug-likeness (QED) is 0.220. The average molecular weight is 428 g/mol. The Kier molecular flexibility index (Phi) is 5.21. The number of halogens is 1. The van der Waals surface area contributed by atoms with Crippen LogP contribution in [0.2, 0.25) is 5.02 Å². The lowest BCUT2D eigenvalue weighted by molar-refractivity contribution is 0.102. The first-order chi connectivity index (χ1) is 13.5. The van der Waals surface area contributed by atoms with E-state index in [1.54, 1.807) is 24.3 Å². The Morgan fingerprint density at radius 1 is 1.14 bits per heavy atom. The number of nitrogens with zero attached hydrogens (tertiary/aromatic N) is 2. The summed E-state index contributed by atoms with van der Waals surface area (Å²) in [5.74, 6) is 6.02. The lowest BCUT2D eigenvalue weighted by Gasteiger charge is -2.07. The minimum Gasteiger partial charge on any atom is -0.334 e. The number of Topliss-reactive ketones (excluding diaryl/α,β-unsaturated/α-hetero) is 1. The van der Waals surface area contributed by atoms with E-state index in [1.807, 2.05) is 35.7 Å². The fraction of sp³-hybridized carbons (Fsp3) is 0.0500. The number of ketones is 1. The number of carbonyl (C=O) groups excluding carboxylic acids is 1. The van der Waals surface area contributed by atoms with Gasteiger partial charge in [0.2, 0.25) is 0 Å². The van der Waals surface area contributed by atoms with Crippen molar-refractivity contribution in [2.45, 2.75) is 5.16 Å². The summed E-state index contributed by atoms with van der Waals surface area (Å²) >= 11 is 8.37. The number of carbonyl (C=O) groups is 1. The van der Waals surface area contributed by atoms with Crippen LogP contribution in [0.4, 0.5) is 0 Å². The third kappa shape index (κ3) is 3.56. The fourth-order valence-electron chi connectivity index (χ4n) is 2.77. The van der Waals surface area contributed by atoms with Gasteiger partial charge in [-0.1, -0.05) is 53.7 Å². The third-order valence-corrected chi connectivity index (χ3v) is 6.27. The summed E-state index contributed by atoms with van der Waals surface area (Å²) in [6.45, 7) is 0. The minimum atomic E-state index is -0.327. The summed E-state index contributed by atoms with van der Waals surface area (Å²) in [7, 11) is 0. The molecule has 4 rings (SSSR count). The van der Waals surface area contributed by atoms with Crippen LogP contribution in [0.5, 0.6) is 0 Å². The normalized spacial score (nSPS) is 11.0. The molecule has 0 amide bonds. The Balaban J connectivity index is 1.64. The highest BCUT2D eigenvalue weighted by Crippen LogP contribution is 2.31. The van der Waals surface area contributed by atoms with Gasteiger partial charge in [-0.15, -0.1) is 11.3 Å². The van der Waals surface area contributed by atoms with E-state index in [1.165, 1.54) is 11.3 Å². The smallest absolute Gasteiger partial charge is 0.282 e. The van der Waals surface area contributed by atoms with Crippen molar-refractivity contribution < 1.29 is 4.79 Å². The Labute approximate surface area is 173 Å². The molecule has 140 valence electrons. The van der Waals surface area contributed by atoms with Crippen molar-refractivity contribution in [2.75, 3.05) is 11.6 Å². The van der Waals surface area contributed by atoms with Gasteiger partial charge in [0, 0.05) is 21.5 Å². The number of thioether (sulfide) groups is 1. The number of aromatic nitrogens is 2. The molecule has 0 radical (unpaired) electrons. The van der Waals surface area contributed by atoms with E-state index >= 15 is 0 Å². The van der Waals surface area contributed by atoms with Crippen LogP contribution in [0, 0.1) is 0 Å². The van der Waals surface area contributed by atoms with Crippen molar-refractivity contribution in [2.24, 2.45) is 0 Å². The summed E-state index contributed by atoms with van der Waals surface area (Å²) in [6, 6.07) is 16.3. The predicted molar refractivity (Wildman–Crippen MR) is 116 cm³/mol. The fourth-order valence-corrected chi connectivity index (χ4v) is 4.69. The number of hydrogen-bond acceptors (Lipinski definition) is 6. The molecule has 0 spiro atoms. The van der Waals surface area contributed by atoms with Crippen molar-refractivity contribution in [3.8, 4) is 11.1 Å². The average Bonchev–Trinajstić information content (AvgIpc) is 3.14. The molecular formula is C20H14ClN3O2S2. The second kappa shape index (κ2) is 7.79. The molecule has 0 unspecified atom stereocenters. The van der Waals surface area contributed by atoms with Crippen molar-refractivity contribution in [1.29, 1.82) is 0 Å². The van der Waals surface area contributed by atoms with Crippen LogP contribution < -0.4 is 11.4 Å². The maximum absolute atomic E-state index is 12.8. The van der Waals surface area contributed by atoms with Crippen LogP contribution in [-0.4, -0.2) is 21.2 Å². The SMILES string of the molecule is Nn1c(SCC(=O)c2ccc(Cl)cc2)nc2scc(-c3ccccc3)c2c1=O. The van der Waals surface area contributed by atoms with E-state index in [0.29, 0.717) is 26.0 Å². The van der Waals surface area contributed by atoms with E-state index in [0.717, 1.165) is 27.6 Å². The molecule has 2 heterocycles. The molecule has 0 atom stereocenters. The number of benzene rings is 2. The van der Waals surface area contributed by atoms with Crippen LogP contribution in [0.3, 0.4) is 0 Å². The van der Waals surface area contributed by atoms with Crippen molar-refractivity contribution in [3.63, 3.8) is 0 Å². The third-order valence-electron chi connectivity index (χ3n) is 4.19. The van der Waals surface area contributed by atoms with Crippen LogP contribution in [0.15, 0.2) is 69.9 Å². The number of rotatable bonds is 5. The molecule has 2 aromatic heterocycles. The zero-order chi connectivity index (χ0) is 19.7. The molecule has 0 aliphatic heterocycles. The molecule has 2 aromatic carbocycles. The van der Waals surface area contributed by atoms with Crippen LogP contribution in [-0.2, 0) is 0 Å². The molecule has 2 N–H and O–H groups in total. The second-order valence-corrected chi connectivity index (χ2v) is 8.22. The topological polar surface area (TPSA) is 78.0 Å². The molecule has 0 fully saturated rings. The zero-order valence-electron chi connectivity index (χ0n) is 14.5. The van der Waals surface area contributed by atoms with Gasteiger partial charge in [0.25, 0.3) is 5.56 Å². The van der Waals surface area contributed by atoms with Crippen LogP contribution >= 0.6 is 34.7 Å². The lowest BCUT2D eigenvalue weighted by Crippen LogP contribution is -2.29. The van der Waals surface area contributed by atoms with Gasteiger partial charge in [-0.2, -0.15) is 0 Å². The molecule has 28 heavy (non-hydrogen) atoms. The first kappa shape index (κ1) is 18.7. The Morgan fingerprint density at radius 2 is 1.86 bits per heavy atom. The van der Waals surface area contributed by atoms with Gasteiger partial charge in [0.15, 0.2) is 10.9 Å². The highest BCUT2D eigenvalue weighted by Gasteiger charge is 2.17. The zero-order valence-corrected chi connectivity index (χ0v) is 16.9. The number of fused-ring (bicyclic) bond motifs is 1. The largest absolute Gasteiger partial charge is 0.334 e. The molecule has 0 aliphatic carbocycles. The Morgan fingerprint density at radius 3 is 2.57 bits per heavy atom. The molecule has 0 saturated carbocycles.